The third-order valence-electron chi connectivity index (χ3n) is 4.53. The fraction of sp³-hybridized carbons (Fsp3) is 0.471. The van der Waals surface area contributed by atoms with Gasteiger partial charge in [0.25, 0.3) is 0 Å². The third-order valence-corrected chi connectivity index (χ3v) is 5.88. The lowest BCUT2D eigenvalue weighted by molar-refractivity contribution is 0.344. The normalized spacial score (nSPS) is 22.7. The van der Waals surface area contributed by atoms with E-state index in [4.69, 9.17) is 0 Å². The SMILES string of the molecule is CCN1C[C@@H](C)[C@H](NS(=O)(=O)Cc2cccc3cccnc23)C1. The molecule has 1 N–H and O–H groups in total. The Balaban J connectivity index is 1.78. The van der Waals surface area contributed by atoms with Crippen LogP contribution in [0.4, 0.5) is 0 Å². The van der Waals surface area contributed by atoms with Gasteiger partial charge in [0, 0.05) is 30.7 Å². The van der Waals surface area contributed by atoms with E-state index in [9.17, 15) is 8.42 Å². The number of pyridine rings is 1. The first-order valence-electron chi connectivity index (χ1n) is 8.03. The summed E-state index contributed by atoms with van der Waals surface area (Å²) in [6.45, 7) is 6.88. The number of nitrogens with one attached hydrogen (secondary N) is 1. The van der Waals surface area contributed by atoms with Gasteiger partial charge in [-0.1, -0.05) is 38.1 Å². The molecule has 124 valence electrons. The quantitative estimate of drug-likeness (QED) is 0.909. The molecule has 0 bridgehead atoms. The number of para-hydroxylation sites is 1. The molecular weight excluding hydrogens is 310 g/mol. The summed E-state index contributed by atoms with van der Waals surface area (Å²) in [6, 6.07) is 9.46. The van der Waals surface area contributed by atoms with Gasteiger partial charge < -0.3 is 4.90 Å². The highest BCUT2D eigenvalue weighted by atomic mass is 32.2. The second-order valence-electron chi connectivity index (χ2n) is 6.31. The predicted octanol–water partition coefficient (Wildman–Crippen LogP) is 1.99. The number of fused-ring (bicyclic) bond motifs is 1. The molecule has 0 radical (unpaired) electrons. The smallest absolute Gasteiger partial charge is 0.216 e. The van der Waals surface area contributed by atoms with Crippen molar-refractivity contribution in [1.82, 2.24) is 14.6 Å². The van der Waals surface area contributed by atoms with Crippen LogP contribution in [0.1, 0.15) is 19.4 Å². The van der Waals surface area contributed by atoms with Gasteiger partial charge in [-0.3, -0.25) is 4.98 Å². The Morgan fingerprint density at radius 2 is 2.04 bits per heavy atom. The highest BCUT2D eigenvalue weighted by Crippen LogP contribution is 2.20. The first kappa shape index (κ1) is 16.4. The number of aromatic nitrogens is 1. The highest BCUT2D eigenvalue weighted by Gasteiger charge is 2.31. The summed E-state index contributed by atoms with van der Waals surface area (Å²) in [6.07, 6.45) is 1.70. The molecule has 2 heterocycles. The first-order valence-corrected chi connectivity index (χ1v) is 9.68. The summed E-state index contributed by atoms with van der Waals surface area (Å²) < 4.78 is 28.1. The summed E-state index contributed by atoms with van der Waals surface area (Å²) in [5.41, 5.74) is 1.50. The van der Waals surface area contributed by atoms with Crippen molar-refractivity contribution < 1.29 is 8.42 Å². The standard InChI is InChI=1S/C17H23N3O2S/c1-3-20-10-13(2)16(11-20)19-23(21,22)12-15-7-4-6-14-8-5-9-18-17(14)15/h4-9,13,16,19H,3,10-12H2,1-2H3/t13-,16-/m1/s1. The van der Waals surface area contributed by atoms with Gasteiger partial charge >= 0.3 is 0 Å². The molecule has 1 aromatic carbocycles. The van der Waals surface area contributed by atoms with E-state index in [1.807, 2.05) is 30.3 Å². The second-order valence-corrected chi connectivity index (χ2v) is 8.06. The van der Waals surface area contributed by atoms with E-state index in [0.29, 0.717) is 5.92 Å². The second kappa shape index (κ2) is 6.55. The number of hydrogen-bond acceptors (Lipinski definition) is 4. The van der Waals surface area contributed by atoms with Crippen LogP contribution in [-0.2, 0) is 15.8 Å². The van der Waals surface area contributed by atoms with Crippen LogP contribution in [0.5, 0.6) is 0 Å². The zero-order valence-electron chi connectivity index (χ0n) is 13.6. The lowest BCUT2D eigenvalue weighted by Crippen LogP contribution is -2.40. The molecular formula is C17H23N3O2S. The maximum Gasteiger partial charge on any atom is 0.216 e. The van der Waals surface area contributed by atoms with E-state index in [2.05, 4.69) is 28.5 Å². The minimum atomic E-state index is -3.39. The van der Waals surface area contributed by atoms with Crippen LogP contribution >= 0.6 is 0 Å². The van der Waals surface area contributed by atoms with Gasteiger partial charge in [-0.05, 0) is 24.1 Å². The van der Waals surface area contributed by atoms with Crippen molar-refractivity contribution in [2.24, 2.45) is 5.92 Å². The van der Waals surface area contributed by atoms with Crippen molar-refractivity contribution in [3.63, 3.8) is 0 Å². The zero-order chi connectivity index (χ0) is 16.4. The molecule has 1 fully saturated rings. The van der Waals surface area contributed by atoms with E-state index in [1.165, 1.54) is 0 Å². The van der Waals surface area contributed by atoms with Crippen LogP contribution in [0.25, 0.3) is 10.9 Å². The Labute approximate surface area is 137 Å². The van der Waals surface area contributed by atoms with Gasteiger partial charge in [0.15, 0.2) is 0 Å². The van der Waals surface area contributed by atoms with Gasteiger partial charge in [-0.15, -0.1) is 0 Å². The molecule has 1 aromatic heterocycles. The number of likely N-dealkylation sites (tertiary alicyclic amines) is 1. The Morgan fingerprint density at radius 3 is 2.78 bits per heavy atom. The van der Waals surface area contributed by atoms with Crippen molar-refractivity contribution in [2.45, 2.75) is 25.6 Å². The van der Waals surface area contributed by atoms with Crippen LogP contribution in [0.3, 0.4) is 0 Å². The number of likely N-dealkylation sites (N-methyl/N-ethyl adjacent to an activating group) is 1. The molecule has 23 heavy (non-hydrogen) atoms. The van der Waals surface area contributed by atoms with Crippen LogP contribution < -0.4 is 4.72 Å². The summed E-state index contributed by atoms with van der Waals surface area (Å²) in [5.74, 6) is 0.298. The number of hydrogen-bond donors (Lipinski definition) is 1. The molecule has 0 unspecified atom stereocenters. The Hall–Kier alpha value is -1.50. The number of sulfonamides is 1. The molecule has 0 amide bonds. The first-order chi connectivity index (χ1) is 11.0. The molecule has 0 saturated carbocycles. The third kappa shape index (κ3) is 3.71. The molecule has 0 aliphatic carbocycles. The van der Waals surface area contributed by atoms with E-state index >= 15 is 0 Å². The van der Waals surface area contributed by atoms with E-state index in [1.54, 1.807) is 6.20 Å². The summed E-state index contributed by atoms with van der Waals surface area (Å²) >= 11 is 0. The number of nitrogens with zero attached hydrogens (tertiary/aromatic N) is 2. The Kier molecular flexibility index (Phi) is 4.66. The van der Waals surface area contributed by atoms with E-state index < -0.39 is 10.0 Å². The van der Waals surface area contributed by atoms with Gasteiger partial charge in [0.2, 0.25) is 10.0 Å². The van der Waals surface area contributed by atoms with E-state index in [-0.39, 0.29) is 11.8 Å². The van der Waals surface area contributed by atoms with Crippen molar-refractivity contribution in [3.05, 3.63) is 42.1 Å². The van der Waals surface area contributed by atoms with E-state index in [0.717, 1.165) is 36.1 Å². The topological polar surface area (TPSA) is 62.3 Å². The molecule has 5 nitrogen and oxygen atoms in total. The van der Waals surface area contributed by atoms with Crippen LogP contribution in [0.2, 0.25) is 0 Å². The maximum absolute atomic E-state index is 12.6. The number of benzene rings is 1. The molecule has 3 rings (SSSR count). The zero-order valence-corrected chi connectivity index (χ0v) is 14.4. The van der Waals surface area contributed by atoms with Crippen molar-refractivity contribution >= 4 is 20.9 Å². The molecule has 6 heteroatoms. The summed E-state index contributed by atoms with van der Waals surface area (Å²) in [7, 11) is -3.39. The predicted molar refractivity (Wildman–Crippen MR) is 92.6 cm³/mol. The largest absolute Gasteiger partial charge is 0.302 e. The average Bonchev–Trinajstić information content (AvgIpc) is 2.87. The fourth-order valence-corrected chi connectivity index (χ4v) is 4.73. The molecule has 1 aliphatic rings. The van der Waals surface area contributed by atoms with Crippen LogP contribution in [-0.4, -0.2) is 44.0 Å². The summed E-state index contributed by atoms with van der Waals surface area (Å²) in [5, 5.41) is 0.964. The van der Waals surface area contributed by atoms with Crippen LogP contribution in [0, 0.1) is 5.92 Å². The van der Waals surface area contributed by atoms with Crippen LogP contribution in [0.15, 0.2) is 36.5 Å². The van der Waals surface area contributed by atoms with Gasteiger partial charge in [0.1, 0.15) is 0 Å². The number of rotatable bonds is 5. The van der Waals surface area contributed by atoms with Gasteiger partial charge in [0.05, 0.1) is 11.3 Å². The minimum Gasteiger partial charge on any atom is -0.302 e. The van der Waals surface area contributed by atoms with Crippen molar-refractivity contribution in [3.8, 4) is 0 Å². The van der Waals surface area contributed by atoms with Gasteiger partial charge in [-0.25, -0.2) is 13.1 Å². The Bertz CT molecular complexity index is 786. The molecule has 2 aromatic rings. The minimum absolute atomic E-state index is 0.0112. The molecule has 1 aliphatic heterocycles. The van der Waals surface area contributed by atoms with Gasteiger partial charge in [-0.2, -0.15) is 0 Å². The average molecular weight is 333 g/mol. The fourth-order valence-electron chi connectivity index (χ4n) is 3.24. The monoisotopic (exact) mass is 333 g/mol. The maximum atomic E-state index is 12.6. The van der Waals surface area contributed by atoms with Crippen molar-refractivity contribution in [2.75, 3.05) is 19.6 Å². The molecule has 1 saturated heterocycles. The molecule has 0 spiro atoms. The lowest BCUT2D eigenvalue weighted by Gasteiger charge is -2.17. The Morgan fingerprint density at radius 1 is 1.26 bits per heavy atom. The molecule has 2 atom stereocenters. The highest BCUT2D eigenvalue weighted by molar-refractivity contribution is 7.88. The lowest BCUT2D eigenvalue weighted by atomic mass is 10.1. The summed E-state index contributed by atoms with van der Waals surface area (Å²) in [4.78, 5) is 6.61. The van der Waals surface area contributed by atoms with Crippen molar-refractivity contribution in [1.29, 1.82) is 0 Å².